The number of hydrogen-bond acceptors (Lipinski definition) is 6. The average molecular weight is 428 g/mol. The first-order chi connectivity index (χ1) is 14.9. The Labute approximate surface area is 184 Å². The summed E-state index contributed by atoms with van der Waals surface area (Å²) < 4.78 is 12.4. The highest BCUT2D eigenvalue weighted by Gasteiger charge is 2.28. The van der Waals surface area contributed by atoms with Crippen molar-refractivity contribution in [1.29, 1.82) is 0 Å². The zero-order valence-corrected chi connectivity index (χ0v) is 18.9. The van der Waals surface area contributed by atoms with Gasteiger partial charge in [0.1, 0.15) is 0 Å². The lowest BCUT2D eigenvalue weighted by Crippen LogP contribution is -2.32. The highest BCUT2D eigenvalue weighted by molar-refractivity contribution is 5.89. The van der Waals surface area contributed by atoms with E-state index in [4.69, 9.17) is 9.47 Å². The van der Waals surface area contributed by atoms with Gasteiger partial charge < -0.3 is 14.6 Å². The predicted molar refractivity (Wildman–Crippen MR) is 120 cm³/mol. The zero-order valence-electron chi connectivity index (χ0n) is 18.9. The van der Waals surface area contributed by atoms with E-state index < -0.39 is 0 Å². The summed E-state index contributed by atoms with van der Waals surface area (Å²) in [6, 6.07) is 5.28. The van der Waals surface area contributed by atoms with E-state index in [2.05, 4.69) is 29.9 Å². The van der Waals surface area contributed by atoms with Crippen LogP contribution in [0.2, 0.25) is 0 Å². The molecule has 0 saturated carbocycles. The first-order valence-corrected chi connectivity index (χ1v) is 10.9. The predicted octanol–water partition coefficient (Wildman–Crippen LogP) is 3.89. The van der Waals surface area contributed by atoms with Gasteiger partial charge in [0.25, 0.3) is 0 Å². The SMILES string of the molecule is CCOC(=O)c1nn(CCC(C)C)c2c1CN(C/C=C/c1ccc(O)c(OC)c1)CC2. The number of aryl methyl sites for hydroxylation is 1. The number of carbonyl (C=O) groups excluding carboxylic acids is 1. The maximum atomic E-state index is 12.5. The second kappa shape index (κ2) is 10.5. The van der Waals surface area contributed by atoms with Gasteiger partial charge in [0, 0.05) is 43.9 Å². The maximum Gasteiger partial charge on any atom is 0.359 e. The molecule has 7 heteroatoms. The van der Waals surface area contributed by atoms with Gasteiger partial charge in [-0.05, 0) is 37.0 Å². The molecule has 2 aromatic rings. The molecule has 1 aliphatic heterocycles. The van der Waals surface area contributed by atoms with Crippen LogP contribution in [0.25, 0.3) is 6.08 Å². The first-order valence-electron chi connectivity index (χ1n) is 10.9. The number of aromatic hydroxyl groups is 1. The molecule has 1 aromatic heterocycles. The molecule has 0 aliphatic carbocycles. The number of esters is 1. The van der Waals surface area contributed by atoms with Crippen LogP contribution in [0.4, 0.5) is 0 Å². The van der Waals surface area contributed by atoms with Crippen LogP contribution in [0.1, 0.15) is 54.5 Å². The normalized spacial score (nSPS) is 14.2. The molecule has 0 amide bonds. The fourth-order valence-electron chi connectivity index (χ4n) is 3.77. The number of hydrogen-bond donors (Lipinski definition) is 1. The monoisotopic (exact) mass is 427 g/mol. The minimum atomic E-state index is -0.337. The molecule has 0 radical (unpaired) electrons. The van der Waals surface area contributed by atoms with Crippen molar-refractivity contribution in [2.45, 2.75) is 46.7 Å². The molecule has 168 valence electrons. The molecular formula is C24H33N3O4. The Morgan fingerprint density at radius 2 is 2.16 bits per heavy atom. The van der Waals surface area contributed by atoms with Crippen molar-refractivity contribution in [2.75, 3.05) is 26.8 Å². The van der Waals surface area contributed by atoms with Crippen LogP contribution in [0.15, 0.2) is 24.3 Å². The molecule has 0 bridgehead atoms. The molecule has 1 N–H and O–H groups in total. The van der Waals surface area contributed by atoms with E-state index in [0.717, 1.165) is 49.3 Å². The Hall–Kier alpha value is -2.80. The van der Waals surface area contributed by atoms with Gasteiger partial charge in [-0.1, -0.05) is 32.1 Å². The summed E-state index contributed by atoms with van der Waals surface area (Å²) in [4.78, 5) is 14.8. The van der Waals surface area contributed by atoms with Crippen LogP contribution in [0.3, 0.4) is 0 Å². The average Bonchev–Trinajstić information content (AvgIpc) is 3.11. The van der Waals surface area contributed by atoms with Crippen molar-refractivity contribution >= 4 is 12.0 Å². The zero-order chi connectivity index (χ0) is 22.4. The fraction of sp³-hybridized carbons (Fsp3) is 0.500. The van der Waals surface area contributed by atoms with Crippen LogP contribution in [-0.2, 0) is 24.2 Å². The summed E-state index contributed by atoms with van der Waals surface area (Å²) in [6.45, 7) is 9.70. The van der Waals surface area contributed by atoms with Crippen LogP contribution in [0.5, 0.6) is 11.5 Å². The maximum absolute atomic E-state index is 12.5. The quantitative estimate of drug-likeness (QED) is 0.612. The third kappa shape index (κ3) is 5.67. The lowest BCUT2D eigenvalue weighted by molar-refractivity contribution is 0.0516. The lowest BCUT2D eigenvalue weighted by Gasteiger charge is -2.26. The van der Waals surface area contributed by atoms with Crippen molar-refractivity contribution in [1.82, 2.24) is 14.7 Å². The number of phenols is 1. The Morgan fingerprint density at radius 3 is 2.87 bits per heavy atom. The summed E-state index contributed by atoms with van der Waals surface area (Å²) >= 11 is 0. The standard InChI is InChI=1S/C24H33N3O4/c1-5-31-24(29)23-19-16-26(13-11-20(19)27(25-23)14-10-17(2)3)12-6-7-18-8-9-21(28)22(15-18)30-4/h6-9,15,17,28H,5,10-14,16H2,1-4H3/b7-6+. The van der Waals surface area contributed by atoms with Crippen LogP contribution in [-0.4, -0.2) is 52.6 Å². The van der Waals surface area contributed by atoms with Crippen molar-refractivity contribution in [3.05, 3.63) is 46.8 Å². The van der Waals surface area contributed by atoms with Crippen LogP contribution < -0.4 is 4.74 Å². The van der Waals surface area contributed by atoms with Crippen LogP contribution in [0, 0.1) is 5.92 Å². The lowest BCUT2D eigenvalue weighted by atomic mass is 10.0. The van der Waals surface area contributed by atoms with Crippen molar-refractivity contribution in [3.8, 4) is 11.5 Å². The van der Waals surface area contributed by atoms with Gasteiger partial charge in [-0.15, -0.1) is 0 Å². The van der Waals surface area contributed by atoms with E-state index in [1.165, 1.54) is 7.11 Å². The van der Waals surface area contributed by atoms with E-state index in [9.17, 15) is 9.90 Å². The Balaban J connectivity index is 1.73. The molecule has 1 aliphatic rings. The van der Waals surface area contributed by atoms with E-state index in [-0.39, 0.29) is 11.7 Å². The van der Waals surface area contributed by atoms with Crippen LogP contribution >= 0.6 is 0 Å². The number of carbonyl (C=O) groups is 1. The number of nitrogens with zero attached hydrogens (tertiary/aromatic N) is 3. The molecule has 3 rings (SSSR count). The van der Waals surface area contributed by atoms with Gasteiger partial charge >= 0.3 is 5.97 Å². The summed E-state index contributed by atoms with van der Waals surface area (Å²) in [5.74, 6) is 0.826. The second-order valence-electron chi connectivity index (χ2n) is 8.22. The minimum Gasteiger partial charge on any atom is -0.504 e. The molecule has 7 nitrogen and oxygen atoms in total. The molecule has 0 fully saturated rings. The molecule has 0 unspecified atom stereocenters. The molecule has 0 atom stereocenters. The number of ether oxygens (including phenoxy) is 2. The molecule has 0 saturated heterocycles. The van der Waals surface area contributed by atoms with E-state index in [1.54, 1.807) is 12.1 Å². The van der Waals surface area contributed by atoms with Gasteiger partial charge in [0.05, 0.1) is 13.7 Å². The number of aromatic nitrogens is 2. The number of rotatable bonds is 9. The molecule has 1 aromatic carbocycles. The highest BCUT2D eigenvalue weighted by Crippen LogP contribution is 2.27. The summed E-state index contributed by atoms with van der Waals surface area (Å²) in [7, 11) is 1.54. The number of fused-ring (bicyclic) bond motifs is 1. The summed E-state index contributed by atoms with van der Waals surface area (Å²) in [5, 5.41) is 14.4. The largest absolute Gasteiger partial charge is 0.504 e. The first kappa shape index (κ1) is 22.9. The number of methoxy groups -OCH3 is 1. The highest BCUT2D eigenvalue weighted by atomic mass is 16.5. The summed E-state index contributed by atoms with van der Waals surface area (Å²) in [5.41, 5.74) is 3.57. The summed E-state index contributed by atoms with van der Waals surface area (Å²) in [6.07, 6.45) is 5.99. The van der Waals surface area contributed by atoms with Crippen molar-refractivity contribution < 1.29 is 19.4 Å². The molecule has 31 heavy (non-hydrogen) atoms. The van der Waals surface area contributed by atoms with Crippen molar-refractivity contribution in [3.63, 3.8) is 0 Å². The van der Waals surface area contributed by atoms with E-state index >= 15 is 0 Å². The molecule has 0 spiro atoms. The van der Waals surface area contributed by atoms with Gasteiger partial charge in [-0.25, -0.2) is 4.79 Å². The third-order valence-corrected chi connectivity index (χ3v) is 5.48. The Morgan fingerprint density at radius 1 is 1.35 bits per heavy atom. The van der Waals surface area contributed by atoms with Crippen molar-refractivity contribution in [2.24, 2.45) is 5.92 Å². The van der Waals surface area contributed by atoms with E-state index in [1.807, 2.05) is 23.7 Å². The van der Waals surface area contributed by atoms with Gasteiger partial charge in [-0.3, -0.25) is 9.58 Å². The molecule has 2 heterocycles. The smallest absolute Gasteiger partial charge is 0.359 e. The van der Waals surface area contributed by atoms with Gasteiger partial charge in [0.15, 0.2) is 17.2 Å². The Kier molecular flexibility index (Phi) is 7.74. The third-order valence-electron chi connectivity index (χ3n) is 5.48. The number of benzene rings is 1. The van der Waals surface area contributed by atoms with Gasteiger partial charge in [0.2, 0.25) is 0 Å². The topological polar surface area (TPSA) is 76.8 Å². The second-order valence-corrected chi connectivity index (χ2v) is 8.22. The van der Waals surface area contributed by atoms with Gasteiger partial charge in [-0.2, -0.15) is 5.10 Å². The minimum absolute atomic E-state index is 0.129. The Bertz CT molecular complexity index is 933. The molecular weight excluding hydrogens is 394 g/mol. The fourth-order valence-corrected chi connectivity index (χ4v) is 3.77. The number of phenolic OH excluding ortho intramolecular Hbond substituents is 1. The van der Waals surface area contributed by atoms with E-state index in [0.29, 0.717) is 30.5 Å².